The van der Waals surface area contributed by atoms with E-state index in [-0.39, 0.29) is 11.3 Å². The average molecular weight is 218 g/mol. The highest BCUT2D eigenvalue weighted by Crippen LogP contribution is 2.18. The number of hydrogen-bond donors (Lipinski definition) is 1. The molecule has 0 heterocycles. The lowest BCUT2D eigenvalue weighted by molar-refractivity contribution is -0.115. The largest absolute Gasteiger partial charge is 0.405 e. The maximum Gasteiger partial charge on any atom is 0.405 e. The van der Waals surface area contributed by atoms with Crippen LogP contribution in [-0.2, 0) is 0 Å². The molecule has 1 N–H and O–H groups in total. The summed E-state index contributed by atoms with van der Waals surface area (Å²) < 4.78 is 48.2. The number of alkyl halides is 3. The molecule has 0 spiro atoms. The zero-order valence-electron chi connectivity index (χ0n) is 7.40. The Morgan fingerprint density at radius 1 is 1.33 bits per heavy atom. The van der Waals surface area contributed by atoms with Crippen LogP contribution in [0.3, 0.4) is 0 Å². The molecule has 6 heteroatoms. The molecular weight excluding hydrogens is 212 g/mol. The number of nitriles is 1. The Morgan fingerprint density at radius 2 is 2.00 bits per heavy atom. The van der Waals surface area contributed by atoms with Crippen LogP contribution in [-0.4, -0.2) is 12.7 Å². The number of anilines is 1. The lowest BCUT2D eigenvalue weighted by atomic mass is 10.2. The SMILES string of the molecule is N#Cc1cc(NCC(F)(F)F)ccc1F. The highest BCUT2D eigenvalue weighted by atomic mass is 19.4. The third-order valence-electron chi connectivity index (χ3n) is 1.58. The molecule has 0 aliphatic carbocycles. The first-order valence-corrected chi connectivity index (χ1v) is 3.92. The van der Waals surface area contributed by atoms with Gasteiger partial charge in [0, 0.05) is 5.69 Å². The van der Waals surface area contributed by atoms with Gasteiger partial charge in [0.2, 0.25) is 0 Å². The zero-order valence-corrected chi connectivity index (χ0v) is 7.40. The summed E-state index contributed by atoms with van der Waals surface area (Å²) in [7, 11) is 0. The van der Waals surface area contributed by atoms with E-state index in [4.69, 9.17) is 5.26 Å². The molecule has 1 aromatic carbocycles. The number of nitrogens with one attached hydrogen (secondary N) is 1. The van der Waals surface area contributed by atoms with Crippen LogP contribution in [0.2, 0.25) is 0 Å². The summed E-state index contributed by atoms with van der Waals surface area (Å²) in [5, 5.41) is 10.5. The molecule has 0 radical (unpaired) electrons. The number of halogens is 4. The Kier molecular flexibility index (Phi) is 3.14. The predicted octanol–water partition coefficient (Wildman–Crippen LogP) is 2.67. The van der Waals surface area contributed by atoms with Crippen LogP contribution in [0.15, 0.2) is 18.2 Å². The first-order valence-electron chi connectivity index (χ1n) is 3.92. The summed E-state index contributed by atoms with van der Waals surface area (Å²) in [6.07, 6.45) is -4.35. The van der Waals surface area contributed by atoms with E-state index in [2.05, 4.69) is 0 Å². The van der Waals surface area contributed by atoms with Gasteiger partial charge in [-0.3, -0.25) is 0 Å². The molecule has 0 bridgehead atoms. The monoisotopic (exact) mass is 218 g/mol. The van der Waals surface area contributed by atoms with E-state index in [9.17, 15) is 17.6 Å². The van der Waals surface area contributed by atoms with Crippen LogP contribution >= 0.6 is 0 Å². The first-order chi connectivity index (χ1) is 6.92. The Balaban J connectivity index is 2.76. The van der Waals surface area contributed by atoms with Crippen LogP contribution < -0.4 is 5.32 Å². The maximum atomic E-state index is 12.8. The quantitative estimate of drug-likeness (QED) is 0.774. The lowest BCUT2D eigenvalue weighted by Crippen LogP contribution is -2.21. The fourth-order valence-electron chi connectivity index (χ4n) is 0.923. The van der Waals surface area contributed by atoms with Crippen molar-refractivity contribution in [2.24, 2.45) is 0 Å². The van der Waals surface area contributed by atoms with Crippen molar-refractivity contribution in [1.82, 2.24) is 0 Å². The van der Waals surface area contributed by atoms with Gasteiger partial charge in [-0.1, -0.05) is 0 Å². The molecule has 0 aliphatic rings. The second-order valence-corrected chi connectivity index (χ2v) is 2.78. The van der Waals surface area contributed by atoms with Gasteiger partial charge >= 0.3 is 6.18 Å². The molecule has 1 aromatic rings. The summed E-state index contributed by atoms with van der Waals surface area (Å²) in [6.45, 7) is -1.22. The number of rotatable bonds is 2. The van der Waals surface area contributed by atoms with Crippen molar-refractivity contribution in [3.8, 4) is 6.07 Å². The Labute approximate surface area is 83.1 Å². The zero-order chi connectivity index (χ0) is 11.5. The van der Waals surface area contributed by atoms with Crippen molar-refractivity contribution in [2.75, 3.05) is 11.9 Å². The third-order valence-corrected chi connectivity index (χ3v) is 1.58. The molecule has 15 heavy (non-hydrogen) atoms. The van der Waals surface area contributed by atoms with Gasteiger partial charge in [-0.05, 0) is 18.2 Å². The topological polar surface area (TPSA) is 35.8 Å². The molecule has 0 fully saturated rings. The third kappa shape index (κ3) is 3.46. The number of benzene rings is 1. The standard InChI is InChI=1S/C9H6F4N2/c10-8-2-1-7(3-6(8)4-14)15-5-9(11,12)13/h1-3,15H,5H2. The van der Waals surface area contributed by atoms with Crippen LogP contribution in [0.25, 0.3) is 0 Å². The molecule has 80 valence electrons. The highest BCUT2D eigenvalue weighted by molar-refractivity contribution is 5.49. The van der Waals surface area contributed by atoms with Crippen molar-refractivity contribution in [2.45, 2.75) is 6.18 Å². The van der Waals surface area contributed by atoms with E-state index in [1.165, 1.54) is 6.07 Å². The van der Waals surface area contributed by atoms with E-state index in [1.807, 2.05) is 5.32 Å². The van der Waals surface area contributed by atoms with Crippen LogP contribution in [0.5, 0.6) is 0 Å². The minimum atomic E-state index is -4.35. The molecule has 0 saturated heterocycles. The fourth-order valence-corrected chi connectivity index (χ4v) is 0.923. The summed E-state index contributed by atoms with van der Waals surface area (Å²) >= 11 is 0. The molecule has 0 atom stereocenters. The van der Waals surface area contributed by atoms with Crippen molar-refractivity contribution >= 4 is 5.69 Å². The van der Waals surface area contributed by atoms with Gasteiger partial charge in [-0.25, -0.2) is 4.39 Å². The Morgan fingerprint density at radius 3 is 2.53 bits per heavy atom. The van der Waals surface area contributed by atoms with Gasteiger partial charge in [-0.2, -0.15) is 18.4 Å². The second-order valence-electron chi connectivity index (χ2n) is 2.78. The molecule has 1 rings (SSSR count). The van der Waals surface area contributed by atoms with Gasteiger partial charge in [0.05, 0.1) is 5.56 Å². The van der Waals surface area contributed by atoms with E-state index in [1.54, 1.807) is 0 Å². The van der Waals surface area contributed by atoms with Crippen molar-refractivity contribution < 1.29 is 17.6 Å². The number of nitrogens with zero attached hydrogens (tertiary/aromatic N) is 1. The van der Waals surface area contributed by atoms with Gasteiger partial charge in [-0.15, -0.1) is 0 Å². The maximum absolute atomic E-state index is 12.8. The van der Waals surface area contributed by atoms with E-state index in [0.29, 0.717) is 0 Å². The van der Waals surface area contributed by atoms with Gasteiger partial charge in [0.1, 0.15) is 18.4 Å². The summed E-state index contributed by atoms with van der Waals surface area (Å²) in [5.41, 5.74) is -0.229. The van der Waals surface area contributed by atoms with Gasteiger partial charge in [0.15, 0.2) is 0 Å². The van der Waals surface area contributed by atoms with E-state index in [0.717, 1.165) is 18.2 Å². The number of hydrogen-bond acceptors (Lipinski definition) is 2. The van der Waals surface area contributed by atoms with Crippen molar-refractivity contribution in [3.63, 3.8) is 0 Å². The van der Waals surface area contributed by atoms with Crippen LogP contribution in [0.1, 0.15) is 5.56 Å². The smallest absolute Gasteiger partial charge is 0.376 e. The molecule has 0 amide bonds. The Bertz CT molecular complexity index is 392. The van der Waals surface area contributed by atoms with Gasteiger partial charge < -0.3 is 5.32 Å². The molecule has 0 saturated carbocycles. The minimum Gasteiger partial charge on any atom is -0.376 e. The lowest BCUT2D eigenvalue weighted by Gasteiger charge is -2.09. The first kappa shape index (κ1) is 11.3. The van der Waals surface area contributed by atoms with Gasteiger partial charge in [0.25, 0.3) is 0 Å². The highest BCUT2D eigenvalue weighted by Gasteiger charge is 2.26. The molecular formula is C9H6F4N2. The molecule has 2 nitrogen and oxygen atoms in total. The predicted molar refractivity (Wildman–Crippen MR) is 45.7 cm³/mol. The minimum absolute atomic E-state index is 0.0604. The summed E-state index contributed by atoms with van der Waals surface area (Å²) in [6, 6.07) is 4.65. The fraction of sp³-hybridized carbons (Fsp3) is 0.222. The summed E-state index contributed by atoms with van der Waals surface area (Å²) in [5.74, 6) is -0.755. The molecule has 0 unspecified atom stereocenters. The van der Waals surface area contributed by atoms with Crippen LogP contribution in [0.4, 0.5) is 23.2 Å². The average Bonchev–Trinajstić information content (AvgIpc) is 2.15. The van der Waals surface area contributed by atoms with E-state index >= 15 is 0 Å². The second kappa shape index (κ2) is 4.17. The molecule has 0 aliphatic heterocycles. The van der Waals surface area contributed by atoms with Crippen molar-refractivity contribution in [3.05, 3.63) is 29.6 Å². The van der Waals surface area contributed by atoms with E-state index < -0.39 is 18.5 Å². The van der Waals surface area contributed by atoms with Crippen LogP contribution in [0, 0.1) is 17.1 Å². The Hall–Kier alpha value is -1.77. The summed E-state index contributed by atoms with van der Waals surface area (Å²) in [4.78, 5) is 0. The normalized spacial score (nSPS) is 10.9. The van der Waals surface area contributed by atoms with Crippen molar-refractivity contribution in [1.29, 1.82) is 5.26 Å². The molecule has 0 aromatic heterocycles.